The lowest BCUT2D eigenvalue weighted by atomic mass is 9.99. The molecule has 0 saturated heterocycles. The average Bonchev–Trinajstić information content (AvgIpc) is 3.07. The van der Waals surface area contributed by atoms with Crippen molar-refractivity contribution < 1.29 is 4.79 Å². The number of hydrogen-bond donors (Lipinski definition) is 0. The zero-order valence-corrected chi connectivity index (χ0v) is 15.7. The Bertz CT molecular complexity index is 1020. The number of fused-ring (bicyclic) bond motifs is 3. The second-order valence-corrected chi connectivity index (χ2v) is 7.93. The second-order valence-electron chi connectivity index (χ2n) is 6.76. The van der Waals surface area contributed by atoms with Crippen LogP contribution in [-0.4, -0.2) is 30.2 Å². The molecule has 1 aliphatic carbocycles. The highest BCUT2D eigenvalue weighted by atomic mass is 32.2. The van der Waals surface area contributed by atoms with E-state index in [1.165, 1.54) is 11.8 Å². The smallest absolute Gasteiger partial charge is 0.262 e. The zero-order valence-electron chi connectivity index (χ0n) is 14.9. The Balaban J connectivity index is 1.88. The van der Waals surface area contributed by atoms with Gasteiger partial charge in [-0.05, 0) is 31.4 Å². The van der Waals surface area contributed by atoms with Crippen molar-refractivity contribution in [2.75, 3.05) is 0 Å². The Morgan fingerprint density at radius 2 is 2.04 bits per heavy atom. The lowest BCUT2D eigenvalue weighted by molar-refractivity contribution is -0.119. The molecule has 1 aliphatic rings. The van der Waals surface area contributed by atoms with Crippen molar-refractivity contribution in [3.05, 3.63) is 34.6 Å². The highest BCUT2D eigenvalue weighted by molar-refractivity contribution is 8.00. The van der Waals surface area contributed by atoms with Gasteiger partial charge in [0.1, 0.15) is 5.78 Å². The minimum atomic E-state index is -0.0640. The molecule has 1 fully saturated rings. The van der Waals surface area contributed by atoms with E-state index >= 15 is 0 Å². The van der Waals surface area contributed by atoms with Gasteiger partial charge in [-0.2, -0.15) is 0 Å². The van der Waals surface area contributed by atoms with E-state index in [9.17, 15) is 9.59 Å². The molecule has 4 rings (SSSR count). The molecule has 0 aliphatic heterocycles. The van der Waals surface area contributed by atoms with E-state index in [0.717, 1.165) is 37.6 Å². The molecule has 2 aromatic heterocycles. The number of nitrogens with zero attached hydrogens (tertiary/aromatic N) is 4. The molecular formula is C19H22N4O2S. The first-order chi connectivity index (χ1) is 12.7. The first-order valence-corrected chi connectivity index (χ1v) is 10.1. The largest absolute Gasteiger partial charge is 0.298 e. The average molecular weight is 370 g/mol. The van der Waals surface area contributed by atoms with Gasteiger partial charge in [-0.15, -0.1) is 10.2 Å². The lowest BCUT2D eigenvalue weighted by Gasteiger charge is -2.19. The van der Waals surface area contributed by atoms with Crippen LogP contribution in [0, 0.1) is 0 Å². The van der Waals surface area contributed by atoms with Crippen LogP contribution >= 0.6 is 11.8 Å². The van der Waals surface area contributed by atoms with Gasteiger partial charge >= 0.3 is 0 Å². The van der Waals surface area contributed by atoms with Crippen LogP contribution in [-0.2, 0) is 11.3 Å². The van der Waals surface area contributed by atoms with Crippen LogP contribution in [0.2, 0.25) is 0 Å². The van der Waals surface area contributed by atoms with Gasteiger partial charge in [0.15, 0.2) is 5.16 Å². The predicted octanol–water partition coefficient (Wildman–Crippen LogP) is 3.45. The summed E-state index contributed by atoms with van der Waals surface area (Å²) < 4.78 is 3.66. The summed E-state index contributed by atoms with van der Waals surface area (Å²) in [6, 6.07) is 7.56. The number of rotatable bonds is 5. The van der Waals surface area contributed by atoms with Gasteiger partial charge in [-0.1, -0.05) is 43.7 Å². The summed E-state index contributed by atoms with van der Waals surface area (Å²) in [6.07, 6.45) is 5.49. The predicted molar refractivity (Wildman–Crippen MR) is 103 cm³/mol. The molecule has 0 bridgehead atoms. The molecule has 0 N–H and O–H groups in total. The van der Waals surface area contributed by atoms with E-state index in [4.69, 9.17) is 0 Å². The molecule has 1 saturated carbocycles. The first kappa shape index (κ1) is 17.3. The fraction of sp³-hybridized carbons (Fsp3) is 0.474. The van der Waals surface area contributed by atoms with Gasteiger partial charge in [0, 0.05) is 13.0 Å². The van der Waals surface area contributed by atoms with Crippen molar-refractivity contribution in [2.45, 2.75) is 62.4 Å². The molecule has 0 spiro atoms. The lowest BCUT2D eigenvalue weighted by Crippen LogP contribution is -2.24. The highest BCUT2D eigenvalue weighted by Crippen LogP contribution is 2.31. The maximum Gasteiger partial charge on any atom is 0.262 e. The molecule has 0 amide bonds. The van der Waals surface area contributed by atoms with Crippen LogP contribution in [0.25, 0.3) is 16.7 Å². The van der Waals surface area contributed by atoms with E-state index < -0.39 is 0 Å². The third-order valence-electron chi connectivity index (χ3n) is 4.96. The maximum atomic E-state index is 12.9. The number of Topliss-reactive ketones (excluding diaryl/α,β-unsaturated/α-hetero) is 1. The number of hydrogen-bond acceptors (Lipinski definition) is 5. The van der Waals surface area contributed by atoms with E-state index in [2.05, 4.69) is 17.1 Å². The highest BCUT2D eigenvalue weighted by Gasteiger charge is 2.26. The number of benzene rings is 1. The van der Waals surface area contributed by atoms with E-state index in [0.29, 0.717) is 35.1 Å². The molecule has 6 nitrogen and oxygen atoms in total. The number of carbonyl (C=O) groups is 1. The normalized spacial score (nSPS) is 18.0. The Labute approximate surface area is 155 Å². The van der Waals surface area contributed by atoms with Crippen molar-refractivity contribution >= 4 is 34.2 Å². The summed E-state index contributed by atoms with van der Waals surface area (Å²) in [5.41, 5.74) is 0.773. The van der Waals surface area contributed by atoms with Crippen molar-refractivity contribution in [1.29, 1.82) is 0 Å². The number of para-hydroxylation sites is 1. The molecule has 7 heteroatoms. The van der Waals surface area contributed by atoms with Gasteiger partial charge in [0.25, 0.3) is 5.56 Å². The molecule has 2 heterocycles. The third-order valence-corrected chi connectivity index (χ3v) is 6.22. The molecule has 0 unspecified atom stereocenters. The molecule has 1 atom stereocenters. The Morgan fingerprint density at radius 1 is 1.19 bits per heavy atom. The van der Waals surface area contributed by atoms with E-state index in [-0.39, 0.29) is 10.8 Å². The van der Waals surface area contributed by atoms with Gasteiger partial charge in [0.2, 0.25) is 5.78 Å². The molecular weight excluding hydrogens is 348 g/mol. The standard InChI is InChI=1S/C19H22N4O2S/c1-2-3-12-22-17(25)13-8-4-5-9-14(13)23-18(22)20-21-19(23)26-16-11-7-6-10-15(16)24/h4-5,8-9,16H,2-3,6-7,10-12H2,1H3/t16-/m1/s1. The summed E-state index contributed by atoms with van der Waals surface area (Å²) in [5.74, 6) is 0.856. The Morgan fingerprint density at radius 3 is 2.85 bits per heavy atom. The minimum absolute atomic E-state index is 0.0285. The van der Waals surface area contributed by atoms with Crippen LogP contribution < -0.4 is 5.56 Å². The molecule has 3 aromatic rings. The summed E-state index contributed by atoms with van der Waals surface area (Å²) in [4.78, 5) is 25.2. The SMILES string of the molecule is CCCCn1c(=O)c2ccccc2n2c(S[C@@H]3CCCCC3=O)nnc12. The van der Waals surface area contributed by atoms with Crippen LogP contribution in [0.3, 0.4) is 0 Å². The summed E-state index contributed by atoms with van der Waals surface area (Å²) in [7, 11) is 0. The second kappa shape index (κ2) is 7.23. The fourth-order valence-electron chi connectivity index (χ4n) is 3.53. The van der Waals surface area contributed by atoms with Crippen LogP contribution in [0.4, 0.5) is 0 Å². The Hall–Kier alpha value is -2.15. The summed E-state index contributed by atoms with van der Waals surface area (Å²) in [6.45, 7) is 2.72. The number of aryl methyl sites for hydroxylation is 1. The molecule has 1 aromatic carbocycles. The minimum Gasteiger partial charge on any atom is -0.298 e. The van der Waals surface area contributed by atoms with Gasteiger partial charge < -0.3 is 0 Å². The van der Waals surface area contributed by atoms with E-state index in [1.807, 2.05) is 28.7 Å². The number of thioether (sulfide) groups is 1. The quantitative estimate of drug-likeness (QED) is 0.688. The van der Waals surface area contributed by atoms with Gasteiger partial charge in [0.05, 0.1) is 16.2 Å². The first-order valence-electron chi connectivity index (χ1n) is 9.26. The molecule has 26 heavy (non-hydrogen) atoms. The summed E-state index contributed by atoms with van der Waals surface area (Å²) >= 11 is 1.49. The van der Waals surface area contributed by atoms with E-state index in [1.54, 1.807) is 4.57 Å². The molecule has 0 radical (unpaired) electrons. The third kappa shape index (κ3) is 2.94. The van der Waals surface area contributed by atoms with Crippen LogP contribution in [0.1, 0.15) is 45.4 Å². The number of ketones is 1. The van der Waals surface area contributed by atoms with Crippen molar-refractivity contribution in [1.82, 2.24) is 19.2 Å². The van der Waals surface area contributed by atoms with Crippen molar-refractivity contribution in [2.24, 2.45) is 0 Å². The van der Waals surface area contributed by atoms with Gasteiger partial charge in [-0.3, -0.25) is 18.6 Å². The van der Waals surface area contributed by atoms with Crippen LogP contribution in [0.5, 0.6) is 0 Å². The Kier molecular flexibility index (Phi) is 4.80. The van der Waals surface area contributed by atoms with Crippen molar-refractivity contribution in [3.63, 3.8) is 0 Å². The number of carbonyl (C=O) groups excluding carboxylic acids is 1. The number of aromatic nitrogens is 4. The fourth-order valence-corrected chi connectivity index (χ4v) is 4.69. The maximum absolute atomic E-state index is 12.9. The zero-order chi connectivity index (χ0) is 18.1. The van der Waals surface area contributed by atoms with Crippen molar-refractivity contribution in [3.8, 4) is 0 Å². The van der Waals surface area contributed by atoms with Gasteiger partial charge in [-0.25, -0.2) is 0 Å². The summed E-state index contributed by atoms with van der Waals surface area (Å²) in [5, 5.41) is 9.96. The topological polar surface area (TPSA) is 69.3 Å². The number of unbranched alkanes of at least 4 members (excludes halogenated alkanes) is 1. The molecule has 136 valence electrons. The monoisotopic (exact) mass is 370 g/mol. The van der Waals surface area contributed by atoms with Crippen LogP contribution in [0.15, 0.2) is 34.2 Å².